The molecule has 0 aliphatic heterocycles. The molecule has 0 rings (SSSR count). The lowest BCUT2D eigenvalue weighted by Gasteiger charge is -2.28. The molecule has 0 amide bonds. The molecule has 60 heavy (non-hydrogen) atoms. The standard InChI is InChI=1S/C46H86N2O12/c1-41(49)55-37-31-47(3,4)39-45(53)59-35-27-20-14-10-9-13-19-25-33-57-43(51)29-23-17-11-7-8-12-18-24-30-44(52)58-34-26-21-15-16-22-28-36-60-46(54)40-48(5,6)32-38-56-42(2)50/h7-40H2,1-6H3/q+2. The molecule has 0 aliphatic rings. The fourth-order valence-electron chi connectivity index (χ4n) is 6.49. The van der Waals surface area contributed by atoms with Crippen molar-refractivity contribution in [2.45, 2.75) is 168 Å². The second-order valence-corrected chi connectivity index (χ2v) is 17.5. The van der Waals surface area contributed by atoms with E-state index in [1.54, 1.807) is 0 Å². The summed E-state index contributed by atoms with van der Waals surface area (Å²) < 4.78 is 32.3. The zero-order valence-corrected chi connectivity index (χ0v) is 38.8. The molecule has 0 saturated carbocycles. The van der Waals surface area contributed by atoms with Crippen molar-refractivity contribution in [3.8, 4) is 0 Å². The Labute approximate surface area is 363 Å². The number of carbonyl (C=O) groups is 6. The van der Waals surface area contributed by atoms with Crippen molar-refractivity contribution in [3.63, 3.8) is 0 Å². The first-order valence-corrected chi connectivity index (χ1v) is 23.1. The molecule has 0 spiro atoms. The molecule has 0 atom stereocenters. The van der Waals surface area contributed by atoms with Gasteiger partial charge in [-0.3, -0.25) is 19.2 Å². The summed E-state index contributed by atoms with van der Waals surface area (Å²) in [6.07, 6.45) is 23.6. The number of hydrogen-bond donors (Lipinski definition) is 0. The fourth-order valence-corrected chi connectivity index (χ4v) is 6.49. The summed E-state index contributed by atoms with van der Waals surface area (Å²) in [7, 11) is 7.64. The van der Waals surface area contributed by atoms with Crippen LogP contribution < -0.4 is 0 Å². The highest BCUT2D eigenvalue weighted by atomic mass is 16.6. The van der Waals surface area contributed by atoms with Gasteiger partial charge in [0.15, 0.2) is 13.1 Å². The Morgan fingerprint density at radius 3 is 0.800 bits per heavy atom. The van der Waals surface area contributed by atoms with Crippen LogP contribution in [0.5, 0.6) is 0 Å². The van der Waals surface area contributed by atoms with Crippen molar-refractivity contribution < 1.29 is 66.2 Å². The van der Waals surface area contributed by atoms with Crippen LogP contribution in [0.15, 0.2) is 0 Å². The largest absolute Gasteiger partial charge is 0.466 e. The van der Waals surface area contributed by atoms with Gasteiger partial charge in [-0.25, -0.2) is 9.59 Å². The molecule has 0 aromatic heterocycles. The van der Waals surface area contributed by atoms with Crippen LogP contribution in [0.4, 0.5) is 0 Å². The molecule has 0 saturated heterocycles. The maximum Gasteiger partial charge on any atom is 0.361 e. The SMILES string of the molecule is CC(=O)OCC[N+](C)(C)CC(=O)OCCCCCCCCCCOC(=O)CCCCCCCCCCC(=O)OCCCCCCCCOC(=O)C[N+](C)(C)CCOC(C)=O. The van der Waals surface area contributed by atoms with Crippen molar-refractivity contribution >= 4 is 35.8 Å². The van der Waals surface area contributed by atoms with Gasteiger partial charge in [-0.15, -0.1) is 0 Å². The normalized spacial score (nSPS) is 11.5. The smallest absolute Gasteiger partial charge is 0.361 e. The van der Waals surface area contributed by atoms with Gasteiger partial charge in [0.25, 0.3) is 0 Å². The van der Waals surface area contributed by atoms with Crippen LogP contribution in [-0.4, -0.2) is 139 Å². The summed E-state index contributed by atoms with van der Waals surface area (Å²) in [4.78, 5) is 70.1. The third-order valence-corrected chi connectivity index (χ3v) is 10.3. The van der Waals surface area contributed by atoms with Crippen molar-refractivity contribution in [3.05, 3.63) is 0 Å². The third kappa shape index (κ3) is 41.5. The van der Waals surface area contributed by atoms with E-state index in [0.29, 0.717) is 61.3 Å². The summed E-state index contributed by atoms with van der Waals surface area (Å²) in [5, 5.41) is 0. The van der Waals surface area contributed by atoms with Crippen molar-refractivity contribution in [2.75, 3.05) is 94.0 Å². The van der Waals surface area contributed by atoms with E-state index in [9.17, 15) is 28.8 Å². The van der Waals surface area contributed by atoms with Crippen LogP contribution in [-0.2, 0) is 57.2 Å². The predicted molar refractivity (Wildman–Crippen MR) is 232 cm³/mol. The highest BCUT2D eigenvalue weighted by molar-refractivity contribution is 5.71. The molecule has 0 heterocycles. The van der Waals surface area contributed by atoms with E-state index in [1.807, 2.05) is 28.2 Å². The first-order chi connectivity index (χ1) is 28.6. The molecule has 350 valence electrons. The van der Waals surface area contributed by atoms with E-state index in [2.05, 4.69) is 0 Å². The van der Waals surface area contributed by atoms with Gasteiger partial charge < -0.3 is 37.4 Å². The van der Waals surface area contributed by atoms with Crippen molar-refractivity contribution in [1.29, 1.82) is 0 Å². The summed E-state index contributed by atoms with van der Waals surface area (Å²) in [5.74, 6) is -1.30. The van der Waals surface area contributed by atoms with E-state index in [-0.39, 0.29) is 62.1 Å². The van der Waals surface area contributed by atoms with Gasteiger partial charge in [0.05, 0.1) is 54.6 Å². The molecule has 0 aromatic carbocycles. The molecular weight excluding hydrogens is 773 g/mol. The summed E-state index contributed by atoms with van der Waals surface area (Å²) in [6.45, 7) is 6.76. The number of rotatable bonds is 41. The number of ether oxygens (including phenoxy) is 6. The van der Waals surface area contributed by atoms with Gasteiger partial charge >= 0.3 is 35.8 Å². The van der Waals surface area contributed by atoms with Crippen LogP contribution in [0, 0.1) is 0 Å². The lowest BCUT2D eigenvalue weighted by molar-refractivity contribution is -0.883. The Balaban J connectivity index is 3.44. The first kappa shape index (κ1) is 56.7. The minimum Gasteiger partial charge on any atom is -0.466 e. The highest BCUT2D eigenvalue weighted by Gasteiger charge is 2.22. The van der Waals surface area contributed by atoms with E-state index >= 15 is 0 Å². The van der Waals surface area contributed by atoms with Gasteiger partial charge in [0.2, 0.25) is 0 Å². The first-order valence-electron chi connectivity index (χ1n) is 23.1. The van der Waals surface area contributed by atoms with Crippen LogP contribution in [0.25, 0.3) is 0 Å². The summed E-state index contributed by atoms with van der Waals surface area (Å²) in [5.41, 5.74) is 0. The number of carbonyl (C=O) groups excluding carboxylic acids is 6. The zero-order valence-electron chi connectivity index (χ0n) is 38.8. The van der Waals surface area contributed by atoms with E-state index in [1.165, 1.54) is 13.8 Å². The van der Waals surface area contributed by atoms with Gasteiger partial charge in [-0.2, -0.15) is 0 Å². The summed E-state index contributed by atoms with van der Waals surface area (Å²) in [6, 6.07) is 0. The quantitative estimate of drug-likeness (QED) is 0.0255. The lowest BCUT2D eigenvalue weighted by Crippen LogP contribution is -2.46. The lowest BCUT2D eigenvalue weighted by atomic mass is 10.1. The number of unbranched alkanes of at least 4 members (excludes halogenated alkanes) is 19. The monoisotopic (exact) mass is 859 g/mol. The van der Waals surface area contributed by atoms with E-state index in [4.69, 9.17) is 28.4 Å². The van der Waals surface area contributed by atoms with Gasteiger partial charge in [0, 0.05) is 26.7 Å². The maximum absolute atomic E-state index is 12.1. The Kier molecular flexibility index (Phi) is 35.5. The topological polar surface area (TPSA) is 158 Å². The fraction of sp³-hybridized carbons (Fsp3) is 0.870. The molecule has 0 fully saturated rings. The van der Waals surface area contributed by atoms with Crippen LogP contribution in [0.3, 0.4) is 0 Å². The molecule has 0 aliphatic carbocycles. The minimum atomic E-state index is -0.321. The minimum absolute atomic E-state index is 0.0913. The van der Waals surface area contributed by atoms with Gasteiger partial charge in [-0.05, 0) is 38.5 Å². The molecule has 14 nitrogen and oxygen atoms in total. The number of quaternary nitrogens is 2. The highest BCUT2D eigenvalue weighted by Crippen LogP contribution is 2.13. The second kappa shape index (κ2) is 37.5. The molecule has 0 unspecified atom stereocenters. The maximum atomic E-state index is 12.1. The second-order valence-electron chi connectivity index (χ2n) is 17.5. The third-order valence-electron chi connectivity index (χ3n) is 10.3. The molecule has 0 aromatic rings. The molecule has 14 heteroatoms. The summed E-state index contributed by atoms with van der Waals surface area (Å²) >= 11 is 0. The number of hydrogen-bond acceptors (Lipinski definition) is 12. The van der Waals surface area contributed by atoms with Crippen LogP contribution >= 0.6 is 0 Å². The number of likely N-dealkylation sites (N-methyl/N-ethyl adjacent to an activating group) is 2. The van der Waals surface area contributed by atoms with Gasteiger partial charge in [0.1, 0.15) is 26.3 Å². The predicted octanol–water partition coefficient (Wildman–Crippen LogP) is 7.80. The zero-order chi connectivity index (χ0) is 44.7. The Morgan fingerprint density at radius 1 is 0.300 bits per heavy atom. The number of nitrogens with zero attached hydrogens (tertiary/aromatic N) is 2. The van der Waals surface area contributed by atoms with Crippen molar-refractivity contribution in [2.24, 2.45) is 0 Å². The van der Waals surface area contributed by atoms with Crippen LogP contribution in [0.1, 0.15) is 168 Å². The van der Waals surface area contributed by atoms with E-state index in [0.717, 1.165) is 141 Å². The van der Waals surface area contributed by atoms with Crippen molar-refractivity contribution in [1.82, 2.24) is 0 Å². The van der Waals surface area contributed by atoms with E-state index < -0.39 is 0 Å². The van der Waals surface area contributed by atoms with Crippen LogP contribution in [0.2, 0.25) is 0 Å². The Bertz CT molecular complexity index is 1160. The Hall–Kier alpha value is -3.26. The number of esters is 6. The average Bonchev–Trinajstić information content (AvgIpc) is 3.15. The molecule has 0 radical (unpaired) electrons. The molecule has 0 N–H and O–H groups in total. The molecular formula is C46H86N2O12+2. The average molecular weight is 859 g/mol. The van der Waals surface area contributed by atoms with Gasteiger partial charge in [-0.1, -0.05) is 103 Å². The molecule has 0 bridgehead atoms. The Morgan fingerprint density at radius 2 is 0.533 bits per heavy atom.